The van der Waals surface area contributed by atoms with Gasteiger partial charge in [-0.1, -0.05) is 30.1 Å². The second kappa shape index (κ2) is 7.46. The van der Waals surface area contributed by atoms with Crippen LogP contribution in [-0.2, 0) is 0 Å². The van der Waals surface area contributed by atoms with Crippen molar-refractivity contribution in [2.75, 3.05) is 38.0 Å². The molecule has 1 heterocycles. The van der Waals surface area contributed by atoms with Crippen molar-refractivity contribution in [1.29, 1.82) is 0 Å². The summed E-state index contributed by atoms with van der Waals surface area (Å²) in [7, 11) is 0. The minimum absolute atomic E-state index is 0.607. The van der Waals surface area contributed by atoms with Crippen molar-refractivity contribution in [2.24, 2.45) is 0 Å². The van der Waals surface area contributed by atoms with Crippen LogP contribution in [-0.4, -0.2) is 47.6 Å². The van der Waals surface area contributed by atoms with E-state index in [4.69, 9.17) is 35.4 Å². The molecule has 0 saturated carbocycles. The molecule has 0 amide bonds. The first-order chi connectivity index (χ1) is 9.58. The molecule has 0 aliphatic carbocycles. The van der Waals surface area contributed by atoms with Crippen molar-refractivity contribution in [3.63, 3.8) is 0 Å². The Hall–Kier alpha value is -0.550. The van der Waals surface area contributed by atoms with Gasteiger partial charge in [0.15, 0.2) is 5.11 Å². The SMILES string of the molecule is CCCN1CCN(C(=S)Nc2cc(Cl)cc(Cl)c2)CC1. The molecule has 2 rings (SSSR count). The lowest BCUT2D eigenvalue weighted by molar-refractivity contribution is 0.184. The Morgan fingerprint density at radius 3 is 2.30 bits per heavy atom. The minimum atomic E-state index is 0.607. The molecule has 6 heteroatoms. The number of nitrogens with one attached hydrogen (secondary N) is 1. The molecule has 110 valence electrons. The van der Waals surface area contributed by atoms with Crippen molar-refractivity contribution < 1.29 is 0 Å². The summed E-state index contributed by atoms with van der Waals surface area (Å²) < 4.78 is 0. The molecule has 1 N–H and O–H groups in total. The Morgan fingerprint density at radius 1 is 1.15 bits per heavy atom. The van der Waals surface area contributed by atoms with E-state index in [1.54, 1.807) is 6.07 Å². The molecule has 1 aromatic rings. The molecule has 0 spiro atoms. The number of thiocarbonyl (C=S) groups is 1. The van der Waals surface area contributed by atoms with E-state index in [1.165, 1.54) is 6.42 Å². The summed E-state index contributed by atoms with van der Waals surface area (Å²) in [5.41, 5.74) is 0.837. The third-order valence-corrected chi connectivity index (χ3v) is 4.11. The molecule has 0 unspecified atom stereocenters. The first-order valence-electron chi connectivity index (χ1n) is 6.83. The van der Waals surface area contributed by atoms with Gasteiger partial charge in [-0.25, -0.2) is 0 Å². The van der Waals surface area contributed by atoms with Crippen molar-refractivity contribution in [2.45, 2.75) is 13.3 Å². The fourth-order valence-corrected chi connectivity index (χ4v) is 3.15. The zero-order valence-corrected chi connectivity index (χ0v) is 13.9. The fourth-order valence-electron chi connectivity index (χ4n) is 2.32. The van der Waals surface area contributed by atoms with Gasteiger partial charge >= 0.3 is 0 Å². The largest absolute Gasteiger partial charge is 0.346 e. The monoisotopic (exact) mass is 331 g/mol. The Labute approximate surface area is 135 Å². The van der Waals surface area contributed by atoms with E-state index < -0.39 is 0 Å². The van der Waals surface area contributed by atoms with Crippen LogP contribution < -0.4 is 5.32 Å². The Balaban J connectivity index is 1.89. The van der Waals surface area contributed by atoms with Gasteiger partial charge in [-0.05, 0) is 43.4 Å². The fraction of sp³-hybridized carbons (Fsp3) is 0.500. The molecule has 3 nitrogen and oxygen atoms in total. The van der Waals surface area contributed by atoms with E-state index in [1.807, 2.05) is 12.1 Å². The maximum Gasteiger partial charge on any atom is 0.173 e. The quantitative estimate of drug-likeness (QED) is 0.850. The number of hydrogen-bond acceptors (Lipinski definition) is 2. The summed E-state index contributed by atoms with van der Waals surface area (Å²) >= 11 is 17.4. The number of rotatable bonds is 3. The van der Waals surface area contributed by atoms with Gasteiger partial charge in [0.25, 0.3) is 0 Å². The average molecular weight is 332 g/mol. The minimum Gasteiger partial charge on any atom is -0.346 e. The zero-order valence-electron chi connectivity index (χ0n) is 11.5. The zero-order chi connectivity index (χ0) is 14.5. The highest BCUT2D eigenvalue weighted by atomic mass is 35.5. The lowest BCUT2D eigenvalue weighted by Crippen LogP contribution is -2.49. The molecule has 1 aromatic carbocycles. The van der Waals surface area contributed by atoms with Crippen molar-refractivity contribution >= 4 is 46.2 Å². The van der Waals surface area contributed by atoms with Gasteiger partial charge in [-0.15, -0.1) is 0 Å². The first kappa shape index (κ1) is 15.8. The highest BCUT2D eigenvalue weighted by Gasteiger charge is 2.18. The van der Waals surface area contributed by atoms with Crippen LogP contribution in [0.1, 0.15) is 13.3 Å². The summed E-state index contributed by atoms with van der Waals surface area (Å²) in [5, 5.41) is 5.16. The molecule has 0 aromatic heterocycles. The van der Waals surface area contributed by atoms with Crippen LogP contribution in [0.3, 0.4) is 0 Å². The maximum atomic E-state index is 5.99. The van der Waals surface area contributed by atoms with Gasteiger partial charge in [-0.3, -0.25) is 4.90 Å². The summed E-state index contributed by atoms with van der Waals surface area (Å²) in [6.45, 7) is 7.41. The molecule has 1 fully saturated rings. The van der Waals surface area contributed by atoms with Gasteiger partial charge < -0.3 is 10.2 Å². The van der Waals surface area contributed by atoms with Gasteiger partial charge in [0, 0.05) is 41.9 Å². The van der Waals surface area contributed by atoms with E-state index in [-0.39, 0.29) is 0 Å². The van der Waals surface area contributed by atoms with E-state index in [2.05, 4.69) is 22.0 Å². The van der Waals surface area contributed by atoms with Gasteiger partial charge in [-0.2, -0.15) is 0 Å². The van der Waals surface area contributed by atoms with Crippen molar-refractivity contribution in [1.82, 2.24) is 9.80 Å². The number of nitrogens with zero attached hydrogens (tertiary/aromatic N) is 2. The van der Waals surface area contributed by atoms with Crippen molar-refractivity contribution in [3.05, 3.63) is 28.2 Å². The van der Waals surface area contributed by atoms with Crippen LogP contribution >= 0.6 is 35.4 Å². The number of hydrogen-bond donors (Lipinski definition) is 1. The lowest BCUT2D eigenvalue weighted by atomic mass is 10.3. The van der Waals surface area contributed by atoms with Crippen LogP contribution in [0.25, 0.3) is 0 Å². The molecular formula is C14H19Cl2N3S. The highest BCUT2D eigenvalue weighted by molar-refractivity contribution is 7.80. The summed E-state index contributed by atoms with van der Waals surface area (Å²) in [5.74, 6) is 0. The third-order valence-electron chi connectivity index (χ3n) is 3.31. The Kier molecular flexibility index (Phi) is 5.90. The van der Waals surface area contributed by atoms with Crippen LogP contribution in [0, 0.1) is 0 Å². The summed E-state index contributed by atoms with van der Waals surface area (Å²) in [6.07, 6.45) is 1.20. The highest BCUT2D eigenvalue weighted by Crippen LogP contribution is 2.22. The Bertz CT molecular complexity index is 453. The third kappa shape index (κ3) is 4.48. The molecule has 0 atom stereocenters. The second-order valence-corrected chi connectivity index (χ2v) is 6.18. The van der Waals surface area contributed by atoms with Crippen LogP contribution in [0.15, 0.2) is 18.2 Å². The second-order valence-electron chi connectivity index (χ2n) is 4.92. The topological polar surface area (TPSA) is 18.5 Å². The molecule has 1 saturated heterocycles. The predicted molar refractivity (Wildman–Crippen MR) is 91.0 cm³/mol. The summed E-state index contributed by atoms with van der Waals surface area (Å²) in [4.78, 5) is 4.66. The maximum absolute atomic E-state index is 5.99. The van der Waals surface area contributed by atoms with Crippen molar-refractivity contribution in [3.8, 4) is 0 Å². The molecule has 1 aliphatic rings. The standard InChI is InChI=1S/C14H19Cl2N3S/c1-2-3-18-4-6-19(7-5-18)14(20)17-13-9-11(15)8-12(16)10-13/h8-10H,2-7H2,1H3,(H,17,20). The lowest BCUT2D eigenvalue weighted by Gasteiger charge is -2.36. The van der Waals surface area contributed by atoms with E-state index in [0.717, 1.165) is 43.5 Å². The number of anilines is 1. The smallest absolute Gasteiger partial charge is 0.173 e. The van der Waals surface area contributed by atoms with E-state index in [9.17, 15) is 0 Å². The van der Waals surface area contributed by atoms with Crippen LogP contribution in [0.5, 0.6) is 0 Å². The molecular weight excluding hydrogens is 313 g/mol. The number of benzene rings is 1. The van der Waals surface area contributed by atoms with E-state index in [0.29, 0.717) is 10.0 Å². The van der Waals surface area contributed by atoms with E-state index >= 15 is 0 Å². The molecule has 20 heavy (non-hydrogen) atoms. The average Bonchev–Trinajstić information content (AvgIpc) is 2.38. The van der Waals surface area contributed by atoms with Crippen LogP contribution in [0.2, 0.25) is 10.0 Å². The molecule has 0 radical (unpaired) electrons. The normalized spacial score (nSPS) is 16.2. The van der Waals surface area contributed by atoms with Crippen LogP contribution in [0.4, 0.5) is 5.69 Å². The van der Waals surface area contributed by atoms with Gasteiger partial charge in [0.1, 0.15) is 0 Å². The number of halogens is 2. The summed E-state index contributed by atoms with van der Waals surface area (Å²) in [6, 6.07) is 5.36. The van der Waals surface area contributed by atoms with Gasteiger partial charge in [0.05, 0.1) is 0 Å². The van der Waals surface area contributed by atoms with Gasteiger partial charge in [0.2, 0.25) is 0 Å². The molecule has 1 aliphatic heterocycles. The predicted octanol–water partition coefficient (Wildman–Crippen LogP) is 3.72. The molecule has 0 bridgehead atoms. The number of piperazine rings is 1. The Morgan fingerprint density at radius 2 is 1.75 bits per heavy atom. The first-order valence-corrected chi connectivity index (χ1v) is 7.99.